The van der Waals surface area contributed by atoms with E-state index in [1.807, 2.05) is 0 Å². The summed E-state index contributed by atoms with van der Waals surface area (Å²) >= 11 is 0. The van der Waals surface area contributed by atoms with Gasteiger partial charge < -0.3 is 4.74 Å². The van der Waals surface area contributed by atoms with Crippen LogP contribution in [0.3, 0.4) is 0 Å². The monoisotopic (exact) mass is 254 g/mol. The Morgan fingerprint density at radius 3 is 2.44 bits per heavy atom. The second-order valence-electron chi connectivity index (χ2n) is 4.67. The summed E-state index contributed by atoms with van der Waals surface area (Å²) in [4.78, 5) is 11.0. The topological polar surface area (TPSA) is 26.3 Å². The Labute approximate surface area is 105 Å². The van der Waals surface area contributed by atoms with Crippen molar-refractivity contribution >= 4 is 5.97 Å². The molecule has 1 aliphatic rings. The number of carbonyl (C=O) groups excluding carboxylic acids is 1. The molecule has 0 N–H and O–H groups in total. The van der Waals surface area contributed by atoms with E-state index < -0.39 is 11.8 Å². The molecule has 0 unspecified atom stereocenters. The highest BCUT2D eigenvalue weighted by atomic mass is 19.3. The molecule has 0 radical (unpaired) electrons. The minimum absolute atomic E-state index is 0.0758. The molecule has 0 aromatic heterocycles. The van der Waals surface area contributed by atoms with E-state index in [2.05, 4.69) is 4.74 Å². The van der Waals surface area contributed by atoms with Gasteiger partial charge in [0.2, 0.25) is 0 Å². The summed E-state index contributed by atoms with van der Waals surface area (Å²) in [7, 11) is 1.33. The number of carbonyl (C=O) groups is 1. The Hall–Kier alpha value is -1.45. The molecule has 0 atom stereocenters. The molecule has 1 saturated carbocycles. The average Bonchev–Trinajstić information content (AvgIpc) is 3.21. The molecule has 98 valence electrons. The van der Waals surface area contributed by atoms with Crippen molar-refractivity contribution in [2.45, 2.75) is 31.6 Å². The standard InChI is InChI=1S/C14H16F2O2/c1-18-13(17)9-4-10-2-5-11(6-3-10)14(15,16)12-7-8-12/h2-3,5-6,12H,4,7-9H2,1H3. The molecule has 4 heteroatoms. The molecule has 0 bridgehead atoms. The van der Waals surface area contributed by atoms with Gasteiger partial charge in [0.1, 0.15) is 0 Å². The first-order valence-corrected chi connectivity index (χ1v) is 6.08. The lowest BCUT2D eigenvalue weighted by Crippen LogP contribution is -2.15. The Kier molecular flexibility index (Phi) is 3.64. The summed E-state index contributed by atoms with van der Waals surface area (Å²) in [6.07, 6.45) is 2.00. The molecule has 1 aromatic rings. The molecular formula is C14H16F2O2. The first kappa shape index (κ1) is 13.0. The summed E-state index contributed by atoms with van der Waals surface area (Å²) in [5, 5.41) is 0. The van der Waals surface area contributed by atoms with Gasteiger partial charge in [0.25, 0.3) is 5.92 Å². The van der Waals surface area contributed by atoms with E-state index >= 15 is 0 Å². The number of benzene rings is 1. The maximum absolute atomic E-state index is 13.8. The molecule has 2 rings (SSSR count). The van der Waals surface area contributed by atoms with Gasteiger partial charge >= 0.3 is 5.97 Å². The molecule has 1 aromatic carbocycles. The van der Waals surface area contributed by atoms with Crippen LogP contribution >= 0.6 is 0 Å². The van der Waals surface area contributed by atoms with Gasteiger partial charge in [0.15, 0.2) is 0 Å². The Morgan fingerprint density at radius 2 is 1.94 bits per heavy atom. The summed E-state index contributed by atoms with van der Waals surface area (Å²) in [5.74, 6) is -3.48. The number of aryl methyl sites for hydroxylation is 1. The van der Waals surface area contributed by atoms with Crippen LogP contribution in [0, 0.1) is 5.92 Å². The minimum atomic E-state index is -2.71. The Balaban J connectivity index is 1.99. The van der Waals surface area contributed by atoms with Gasteiger partial charge in [-0.25, -0.2) is 8.78 Å². The second-order valence-corrected chi connectivity index (χ2v) is 4.67. The van der Waals surface area contributed by atoms with Crippen LogP contribution < -0.4 is 0 Å². The number of esters is 1. The van der Waals surface area contributed by atoms with Gasteiger partial charge in [-0.1, -0.05) is 24.3 Å². The van der Waals surface area contributed by atoms with Crippen molar-refractivity contribution < 1.29 is 18.3 Å². The smallest absolute Gasteiger partial charge is 0.305 e. The zero-order valence-corrected chi connectivity index (χ0v) is 10.3. The summed E-state index contributed by atoms with van der Waals surface area (Å²) in [5.41, 5.74) is 0.947. The van der Waals surface area contributed by atoms with Crippen molar-refractivity contribution in [3.8, 4) is 0 Å². The number of hydrogen-bond acceptors (Lipinski definition) is 2. The van der Waals surface area contributed by atoms with Crippen LogP contribution in [0.1, 0.15) is 30.4 Å². The number of halogens is 2. The average molecular weight is 254 g/mol. The van der Waals surface area contributed by atoms with Crippen molar-refractivity contribution in [3.05, 3.63) is 35.4 Å². The van der Waals surface area contributed by atoms with Crippen LogP contribution in [0.25, 0.3) is 0 Å². The molecular weight excluding hydrogens is 238 g/mol. The Morgan fingerprint density at radius 1 is 1.33 bits per heavy atom. The van der Waals surface area contributed by atoms with E-state index in [1.54, 1.807) is 12.1 Å². The van der Waals surface area contributed by atoms with Crippen LogP contribution in [-0.4, -0.2) is 13.1 Å². The molecule has 0 spiro atoms. The van der Waals surface area contributed by atoms with Crippen LogP contribution in [-0.2, 0) is 21.9 Å². The van der Waals surface area contributed by atoms with Gasteiger partial charge in [-0.15, -0.1) is 0 Å². The van der Waals surface area contributed by atoms with Gasteiger partial charge in [-0.05, 0) is 24.8 Å². The Bertz CT molecular complexity index is 422. The fourth-order valence-corrected chi connectivity index (χ4v) is 1.92. The van der Waals surface area contributed by atoms with E-state index in [1.165, 1.54) is 19.2 Å². The number of ether oxygens (including phenoxy) is 1. The molecule has 0 aliphatic heterocycles. The minimum Gasteiger partial charge on any atom is -0.469 e. The van der Waals surface area contributed by atoms with Crippen molar-refractivity contribution in [1.29, 1.82) is 0 Å². The summed E-state index contributed by atoms with van der Waals surface area (Å²) in [6, 6.07) is 6.25. The number of rotatable bonds is 5. The molecule has 2 nitrogen and oxygen atoms in total. The van der Waals surface area contributed by atoms with Crippen LogP contribution in [0.2, 0.25) is 0 Å². The van der Waals surface area contributed by atoms with E-state index in [-0.39, 0.29) is 18.0 Å². The number of hydrogen-bond donors (Lipinski definition) is 0. The quantitative estimate of drug-likeness (QED) is 0.754. The third-order valence-corrected chi connectivity index (χ3v) is 3.27. The molecule has 1 aliphatic carbocycles. The predicted molar refractivity (Wildman–Crippen MR) is 63.4 cm³/mol. The maximum atomic E-state index is 13.8. The first-order chi connectivity index (χ1) is 8.54. The third-order valence-electron chi connectivity index (χ3n) is 3.27. The van der Waals surface area contributed by atoms with Gasteiger partial charge in [0, 0.05) is 17.9 Å². The summed E-state index contributed by atoms with van der Waals surface area (Å²) in [6.45, 7) is 0. The highest BCUT2D eigenvalue weighted by molar-refractivity contribution is 5.69. The third kappa shape index (κ3) is 2.86. The largest absolute Gasteiger partial charge is 0.469 e. The lowest BCUT2D eigenvalue weighted by Gasteiger charge is -2.16. The lowest BCUT2D eigenvalue weighted by molar-refractivity contribution is -0.140. The van der Waals surface area contributed by atoms with Gasteiger partial charge in [0.05, 0.1) is 7.11 Å². The van der Waals surface area contributed by atoms with Crippen molar-refractivity contribution in [2.75, 3.05) is 7.11 Å². The zero-order chi connectivity index (χ0) is 13.2. The highest BCUT2D eigenvalue weighted by Gasteiger charge is 2.47. The van der Waals surface area contributed by atoms with Crippen LogP contribution in [0.5, 0.6) is 0 Å². The molecule has 18 heavy (non-hydrogen) atoms. The van der Waals surface area contributed by atoms with Gasteiger partial charge in [-0.2, -0.15) is 0 Å². The van der Waals surface area contributed by atoms with E-state index in [4.69, 9.17) is 0 Å². The lowest BCUT2D eigenvalue weighted by atomic mass is 10.0. The predicted octanol–water partition coefficient (Wildman–Crippen LogP) is 3.29. The molecule has 0 amide bonds. The normalized spacial score (nSPS) is 15.5. The molecule has 1 fully saturated rings. The van der Waals surface area contributed by atoms with E-state index in [9.17, 15) is 13.6 Å². The van der Waals surface area contributed by atoms with Crippen molar-refractivity contribution in [2.24, 2.45) is 5.92 Å². The maximum Gasteiger partial charge on any atom is 0.305 e. The summed E-state index contributed by atoms with van der Waals surface area (Å²) < 4.78 is 32.1. The van der Waals surface area contributed by atoms with Gasteiger partial charge in [-0.3, -0.25) is 4.79 Å². The SMILES string of the molecule is COC(=O)CCc1ccc(C(F)(F)C2CC2)cc1. The van der Waals surface area contributed by atoms with Crippen LogP contribution in [0.15, 0.2) is 24.3 Å². The van der Waals surface area contributed by atoms with E-state index in [0.717, 1.165) is 5.56 Å². The number of alkyl halides is 2. The highest BCUT2D eigenvalue weighted by Crippen LogP contribution is 2.49. The molecule has 0 heterocycles. The van der Waals surface area contributed by atoms with Crippen molar-refractivity contribution in [1.82, 2.24) is 0 Å². The van der Waals surface area contributed by atoms with Crippen LogP contribution in [0.4, 0.5) is 8.78 Å². The first-order valence-electron chi connectivity index (χ1n) is 6.08. The fraction of sp³-hybridized carbons (Fsp3) is 0.500. The second kappa shape index (κ2) is 5.04. The zero-order valence-electron chi connectivity index (χ0n) is 10.3. The van der Waals surface area contributed by atoms with Crippen molar-refractivity contribution in [3.63, 3.8) is 0 Å². The number of methoxy groups -OCH3 is 1. The molecule has 0 saturated heterocycles. The fourth-order valence-electron chi connectivity index (χ4n) is 1.92. The van der Waals surface area contributed by atoms with E-state index in [0.29, 0.717) is 19.3 Å².